The molecule has 0 saturated carbocycles. The first kappa shape index (κ1) is 34.1. The lowest BCUT2D eigenvalue weighted by Gasteiger charge is -2.17. The van der Waals surface area contributed by atoms with Gasteiger partial charge in [0.2, 0.25) is 0 Å². The van der Waals surface area contributed by atoms with E-state index in [0.29, 0.717) is 11.1 Å². The molecule has 6 heteroatoms. The fraction of sp³-hybridized carbons (Fsp3) is 0. The summed E-state index contributed by atoms with van der Waals surface area (Å²) in [5.74, 6) is 0. The molecule has 4 aromatic heterocycles. The molecule has 9 aromatic carbocycles. The predicted molar refractivity (Wildman–Crippen MR) is 250 cm³/mol. The Labute approximate surface area is 353 Å². The molecule has 0 bridgehead atoms. The average Bonchev–Trinajstić information content (AvgIpc) is 4.08. The van der Waals surface area contributed by atoms with Gasteiger partial charge in [-0.05, 0) is 113 Å². The van der Waals surface area contributed by atoms with Gasteiger partial charge in [-0.1, -0.05) is 91.0 Å². The molecule has 4 heterocycles. The van der Waals surface area contributed by atoms with E-state index in [9.17, 15) is 10.5 Å². The zero-order chi connectivity index (χ0) is 41.1. The zero-order valence-corrected chi connectivity index (χ0v) is 32.9. The average molecular weight is 791 g/mol. The minimum Gasteiger partial charge on any atom is -0.455 e. The smallest absolute Gasteiger partial charge is 0.145 e. The number of fused-ring (bicyclic) bond motifs is 14. The van der Waals surface area contributed by atoms with Crippen molar-refractivity contribution >= 4 is 87.5 Å². The third kappa shape index (κ3) is 4.78. The van der Waals surface area contributed by atoms with Crippen LogP contribution in [0.15, 0.2) is 191 Å². The van der Waals surface area contributed by atoms with E-state index in [1.54, 1.807) is 0 Å². The second kappa shape index (κ2) is 12.8. The number of nitrogens with zero attached hydrogens (tertiary/aromatic N) is 4. The van der Waals surface area contributed by atoms with Crippen LogP contribution >= 0.6 is 0 Å². The molecule has 0 amide bonds. The van der Waals surface area contributed by atoms with Crippen molar-refractivity contribution < 1.29 is 8.83 Å². The van der Waals surface area contributed by atoms with Crippen LogP contribution in [0.4, 0.5) is 0 Å². The third-order valence-electron chi connectivity index (χ3n) is 12.5. The second-order valence-electron chi connectivity index (χ2n) is 15.9. The molecule has 0 spiro atoms. The largest absolute Gasteiger partial charge is 0.455 e. The Morgan fingerprint density at radius 3 is 1.42 bits per heavy atom. The van der Waals surface area contributed by atoms with Crippen LogP contribution in [-0.4, -0.2) is 9.13 Å². The van der Waals surface area contributed by atoms with Gasteiger partial charge in [-0.3, -0.25) is 0 Å². The van der Waals surface area contributed by atoms with E-state index in [1.807, 2.05) is 60.7 Å². The van der Waals surface area contributed by atoms with Crippen molar-refractivity contribution in [3.63, 3.8) is 0 Å². The number of hydrogen-bond donors (Lipinski definition) is 0. The van der Waals surface area contributed by atoms with E-state index < -0.39 is 0 Å². The van der Waals surface area contributed by atoms with Crippen LogP contribution < -0.4 is 0 Å². The van der Waals surface area contributed by atoms with Gasteiger partial charge in [0.05, 0.1) is 56.1 Å². The van der Waals surface area contributed by atoms with Crippen LogP contribution in [0.25, 0.3) is 121 Å². The standard InChI is InChI=1S/C56H30N4O2/c57-31-33-25-35(27-37(26-33)40-12-2-1-11-34(40)32-58)36-28-38(59-47-17-7-3-15-45(47)53-49(59)23-21-43-41-13-5-9-19-51(41)61-55(43)53)30-39(29-36)60-48-18-8-4-16-46(48)54-50(60)24-22-44-42-14-6-10-20-52(42)62-56(44)54/h1-30H. The molecule has 0 fully saturated rings. The lowest BCUT2D eigenvalue weighted by Crippen LogP contribution is -2.00. The van der Waals surface area contributed by atoms with Gasteiger partial charge >= 0.3 is 0 Å². The van der Waals surface area contributed by atoms with Crippen molar-refractivity contribution in [1.29, 1.82) is 10.5 Å². The fourth-order valence-corrected chi connectivity index (χ4v) is 9.89. The quantitative estimate of drug-likeness (QED) is 0.178. The summed E-state index contributed by atoms with van der Waals surface area (Å²) in [6.07, 6.45) is 0. The van der Waals surface area contributed by atoms with Gasteiger partial charge in [0.1, 0.15) is 22.3 Å². The highest BCUT2D eigenvalue weighted by atomic mass is 16.3. The van der Waals surface area contributed by atoms with E-state index in [1.165, 1.54) is 0 Å². The summed E-state index contributed by atoms with van der Waals surface area (Å²) in [6, 6.07) is 67.1. The van der Waals surface area contributed by atoms with Crippen molar-refractivity contribution in [2.45, 2.75) is 0 Å². The van der Waals surface area contributed by atoms with Crippen LogP contribution in [0, 0.1) is 22.7 Å². The molecule has 286 valence electrons. The molecule has 13 aromatic rings. The lowest BCUT2D eigenvalue weighted by molar-refractivity contribution is 0.672. The lowest BCUT2D eigenvalue weighted by atomic mass is 9.93. The summed E-state index contributed by atoms with van der Waals surface area (Å²) in [4.78, 5) is 0. The zero-order valence-electron chi connectivity index (χ0n) is 32.9. The van der Waals surface area contributed by atoms with E-state index in [2.05, 4.69) is 143 Å². The van der Waals surface area contributed by atoms with Crippen LogP contribution in [0.1, 0.15) is 11.1 Å². The minimum absolute atomic E-state index is 0.505. The summed E-state index contributed by atoms with van der Waals surface area (Å²) in [5, 5.41) is 29.1. The Bertz CT molecular complexity index is 3940. The highest BCUT2D eigenvalue weighted by Gasteiger charge is 2.23. The molecular weight excluding hydrogens is 761 g/mol. The van der Waals surface area contributed by atoms with Crippen molar-refractivity contribution in [3.05, 3.63) is 193 Å². The maximum Gasteiger partial charge on any atom is 0.145 e. The van der Waals surface area contributed by atoms with Gasteiger partial charge < -0.3 is 18.0 Å². The maximum absolute atomic E-state index is 10.4. The molecule has 6 nitrogen and oxygen atoms in total. The number of benzene rings is 9. The summed E-state index contributed by atoms with van der Waals surface area (Å²) in [6.45, 7) is 0. The number of furan rings is 2. The summed E-state index contributed by atoms with van der Waals surface area (Å²) in [7, 11) is 0. The summed E-state index contributed by atoms with van der Waals surface area (Å²) >= 11 is 0. The number of para-hydroxylation sites is 4. The topological polar surface area (TPSA) is 83.7 Å². The Morgan fingerprint density at radius 1 is 0.371 bits per heavy atom. The number of rotatable bonds is 4. The Hall–Kier alpha value is -8.84. The molecular formula is C56H30N4O2. The maximum atomic E-state index is 10.4. The predicted octanol–water partition coefficient (Wildman–Crippen LogP) is 14.8. The van der Waals surface area contributed by atoms with Crippen molar-refractivity contribution in [3.8, 4) is 45.8 Å². The third-order valence-corrected chi connectivity index (χ3v) is 12.5. The molecule has 0 saturated heterocycles. The normalized spacial score (nSPS) is 11.8. The summed E-state index contributed by atoms with van der Waals surface area (Å²) in [5.41, 5.74) is 13.8. The Balaban J connectivity index is 1.15. The van der Waals surface area contributed by atoms with Gasteiger partial charge in [-0.25, -0.2) is 0 Å². The Morgan fingerprint density at radius 2 is 0.855 bits per heavy atom. The van der Waals surface area contributed by atoms with Gasteiger partial charge in [0.25, 0.3) is 0 Å². The molecule has 0 aliphatic rings. The molecule has 0 aliphatic heterocycles. The van der Waals surface area contributed by atoms with Gasteiger partial charge in [0, 0.05) is 43.7 Å². The monoisotopic (exact) mass is 790 g/mol. The summed E-state index contributed by atoms with van der Waals surface area (Å²) < 4.78 is 18.0. The van der Waals surface area contributed by atoms with E-state index >= 15 is 0 Å². The molecule has 13 rings (SSSR count). The van der Waals surface area contributed by atoms with E-state index in [4.69, 9.17) is 8.83 Å². The van der Waals surface area contributed by atoms with Crippen molar-refractivity contribution in [1.82, 2.24) is 9.13 Å². The van der Waals surface area contributed by atoms with Gasteiger partial charge in [-0.2, -0.15) is 10.5 Å². The minimum atomic E-state index is 0.505. The molecule has 62 heavy (non-hydrogen) atoms. The molecule has 0 radical (unpaired) electrons. The second-order valence-corrected chi connectivity index (χ2v) is 15.9. The van der Waals surface area contributed by atoms with Crippen molar-refractivity contribution in [2.24, 2.45) is 0 Å². The van der Waals surface area contributed by atoms with E-state index in [-0.39, 0.29) is 0 Å². The highest BCUT2D eigenvalue weighted by molar-refractivity contribution is 6.25. The molecule has 0 aliphatic carbocycles. The van der Waals surface area contributed by atoms with E-state index in [0.717, 1.165) is 121 Å². The molecule has 0 N–H and O–H groups in total. The van der Waals surface area contributed by atoms with Gasteiger partial charge in [0.15, 0.2) is 0 Å². The SMILES string of the molecule is N#Cc1cc(-c2cc(-n3c4ccccc4c4c5oc6ccccc6c5ccc43)cc(-n3c4ccccc4c4c5oc6ccccc6c5ccc43)c2)cc(-c2ccccc2C#N)c1. The number of aromatic nitrogens is 2. The van der Waals surface area contributed by atoms with Crippen molar-refractivity contribution in [2.75, 3.05) is 0 Å². The van der Waals surface area contributed by atoms with Crippen LogP contribution in [0.3, 0.4) is 0 Å². The number of hydrogen-bond acceptors (Lipinski definition) is 4. The van der Waals surface area contributed by atoms with Crippen LogP contribution in [0.2, 0.25) is 0 Å². The first-order valence-corrected chi connectivity index (χ1v) is 20.5. The molecule has 0 unspecified atom stereocenters. The van der Waals surface area contributed by atoms with Gasteiger partial charge in [-0.15, -0.1) is 0 Å². The molecule has 0 atom stereocenters. The highest BCUT2D eigenvalue weighted by Crippen LogP contribution is 2.44. The Kier molecular flexibility index (Phi) is 7.05. The first-order chi connectivity index (χ1) is 30.6. The van der Waals surface area contributed by atoms with Crippen LogP contribution in [-0.2, 0) is 0 Å². The number of nitriles is 2. The van der Waals surface area contributed by atoms with Crippen LogP contribution in [0.5, 0.6) is 0 Å². The fourth-order valence-electron chi connectivity index (χ4n) is 9.89. The first-order valence-electron chi connectivity index (χ1n) is 20.5.